The second kappa shape index (κ2) is 18.5. The summed E-state index contributed by atoms with van der Waals surface area (Å²) in [7, 11) is 0. The molecule has 366 valence electrons. The van der Waals surface area contributed by atoms with Gasteiger partial charge in [0, 0.05) is 33.9 Å². The molecule has 0 atom stereocenters. The third kappa shape index (κ3) is 9.81. The van der Waals surface area contributed by atoms with Gasteiger partial charge in [0.05, 0.1) is 28.0 Å². The van der Waals surface area contributed by atoms with Crippen LogP contribution in [0, 0.1) is 6.85 Å². The van der Waals surface area contributed by atoms with Gasteiger partial charge in [-0.05, 0) is 150 Å². The maximum absolute atomic E-state index is 12.8. The number of aromatic nitrogens is 3. The first-order valence-electron chi connectivity index (χ1n) is 27.4. The van der Waals surface area contributed by atoms with Gasteiger partial charge in [0.1, 0.15) is 11.6 Å². The number of para-hydroxylation sites is 1. The smallest absolute Gasteiger partial charge is 0.149 e. The van der Waals surface area contributed by atoms with Crippen molar-refractivity contribution in [3.05, 3.63) is 191 Å². The summed E-state index contributed by atoms with van der Waals surface area (Å²) in [6.45, 7) is 27.1. The van der Waals surface area contributed by atoms with Gasteiger partial charge in [-0.1, -0.05) is 194 Å². The third-order valence-electron chi connectivity index (χ3n) is 14.2. The Hall–Kier alpha value is -7.04. The minimum Gasteiger partial charge on any atom is -0.507 e. The highest BCUT2D eigenvalue weighted by atomic mass is 16.3. The van der Waals surface area contributed by atoms with Crippen LogP contribution in [0.4, 0.5) is 0 Å². The van der Waals surface area contributed by atoms with Crippen molar-refractivity contribution >= 4 is 11.0 Å². The molecule has 0 unspecified atom stereocenters. The molecule has 4 nitrogen and oxygen atoms in total. The van der Waals surface area contributed by atoms with Crippen LogP contribution >= 0.6 is 0 Å². The molecule has 9 rings (SSSR count). The van der Waals surface area contributed by atoms with Crippen LogP contribution in [0.1, 0.15) is 142 Å². The zero-order chi connectivity index (χ0) is 55.1. The number of fused-ring (bicyclic) bond motifs is 1. The summed E-state index contributed by atoms with van der Waals surface area (Å²) in [5.74, 6) is -0.0766. The molecule has 0 radical (unpaired) electrons. The second-order valence-electron chi connectivity index (χ2n) is 24.0. The lowest BCUT2D eigenvalue weighted by Gasteiger charge is -2.28. The monoisotopic (exact) mass is 952 g/mol. The summed E-state index contributed by atoms with van der Waals surface area (Å²) in [5, 5.41) is 12.8. The summed E-state index contributed by atoms with van der Waals surface area (Å²) in [4.78, 5) is 10.7. The SMILES string of the molecule is [2H]C([2H])([2H])c1cc(-n2c(-c3cc(C(C)(C)C)cc(C(C)(C)C)c3O)nc3c(-c4cc(-c5ccccc5)cc(-c5cc(-c6ccc(C([2H])(C)C)cc6)ccn5)c4)cccc32)c(-c2ccc(C(C)(C)C)cc2)cc1C(C)(C)C. The van der Waals surface area contributed by atoms with Crippen molar-refractivity contribution in [2.75, 3.05) is 0 Å². The Morgan fingerprint density at radius 3 is 1.75 bits per heavy atom. The van der Waals surface area contributed by atoms with Gasteiger partial charge in [-0.2, -0.15) is 0 Å². The molecular weight excluding hydrogens is 875 g/mol. The number of imidazole rings is 1. The number of phenols is 1. The van der Waals surface area contributed by atoms with Crippen molar-refractivity contribution in [1.82, 2.24) is 14.5 Å². The average molecular weight is 952 g/mol. The Balaban J connectivity index is 1.39. The van der Waals surface area contributed by atoms with E-state index in [2.05, 4.69) is 191 Å². The molecule has 1 N–H and O–H groups in total. The second-order valence-corrected chi connectivity index (χ2v) is 24.0. The molecule has 0 aliphatic heterocycles. The first-order valence-corrected chi connectivity index (χ1v) is 25.4. The van der Waals surface area contributed by atoms with Crippen LogP contribution in [0.2, 0.25) is 0 Å². The van der Waals surface area contributed by atoms with E-state index < -0.39 is 23.6 Å². The molecule has 7 aromatic carbocycles. The topological polar surface area (TPSA) is 50.9 Å². The molecule has 0 aliphatic carbocycles. The molecule has 0 fully saturated rings. The number of hydrogen-bond acceptors (Lipinski definition) is 3. The van der Waals surface area contributed by atoms with Gasteiger partial charge in [0.15, 0.2) is 0 Å². The molecule has 0 spiro atoms. The number of phenolic OH excluding ortho intramolecular Hbond substituents is 1. The molecule has 4 heteroatoms. The first kappa shape index (κ1) is 44.9. The molecule has 72 heavy (non-hydrogen) atoms. The quantitative estimate of drug-likeness (QED) is 0.165. The highest BCUT2D eigenvalue weighted by molar-refractivity contribution is 5.98. The normalized spacial score (nSPS) is 13.7. The summed E-state index contributed by atoms with van der Waals surface area (Å²) in [6, 6.07) is 52.3. The van der Waals surface area contributed by atoms with E-state index >= 15 is 0 Å². The number of benzene rings is 7. The Bertz CT molecular complexity index is 3630. The highest BCUT2D eigenvalue weighted by Crippen LogP contribution is 2.47. The van der Waals surface area contributed by atoms with E-state index in [4.69, 9.17) is 15.5 Å². The van der Waals surface area contributed by atoms with Gasteiger partial charge in [0.25, 0.3) is 0 Å². The number of aryl methyl sites for hydroxylation is 1. The van der Waals surface area contributed by atoms with Crippen molar-refractivity contribution in [2.24, 2.45) is 0 Å². The minimum atomic E-state index is -2.46. The number of aromatic hydroxyl groups is 1. The average Bonchev–Trinajstić information content (AvgIpc) is 3.84. The van der Waals surface area contributed by atoms with Gasteiger partial charge in [-0.15, -0.1) is 0 Å². The van der Waals surface area contributed by atoms with Gasteiger partial charge >= 0.3 is 0 Å². The maximum Gasteiger partial charge on any atom is 0.149 e. The lowest BCUT2D eigenvalue weighted by Crippen LogP contribution is -2.17. The Morgan fingerprint density at radius 2 is 1.12 bits per heavy atom. The predicted octanol–water partition coefficient (Wildman–Crippen LogP) is 18.7. The lowest BCUT2D eigenvalue weighted by molar-refractivity contribution is 0.446. The van der Waals surface area contributed by atoms with E-state index in [0.717, 1.165) is 83.5 Å². The van der Waals surface area contributed by atoms with Crippen LogP contribution in [0.3, 0.4) is 0 Å². The molecule has 0 saturated carbocycles. The number of hydrogen-bond donors (Lipinski definition) is 1. The molecule has 0 aliphatic rings. The molecule has 2 aromatic heterocycles. The summed E-state index contributed by atoms with van der Waals surface area (Å²) >= 11 is 0. The number of nitrogens with zero attached hydrogens (tertiary/aromatic N) is 3. The lowest BCUT2D eigenvalue weighted by atomic mass is 9.78. The molecule has 0 amide bonds. The van der Waals surface area contributed by atoms with Gasteiger partial charge in [-0.25, -0.2) is 4.98 Å². The Morgan fingerprint density at radius 1 is 0.500 bits per heavy atom. The third-order valence-corrected chi connectivity index (χ3v) is 14.2. The van der Waals surface area contributed by atoms with Crippen molar-refractivity contribution in [3.63, 3.8) is 0 Å². The van der Waals surface area contributed by atoms with Crippen molar-refractivity contribution in [1.29, 1.82) is 0 Å². The molecular formula is C68H73N3O. The zero-order valence-corrected chi connectivity index (χ0v) is 44.8. The van der Waals surface area contributed by atoms with Gasteiger partial charge in [-0.3, -0.25) is 9.55 Å². The zero-order valence-electron chi connectivity index (χ0n) is 48.8. The van der Waals surface area contributed by atoms with Gasteiger partial charge in [0.2, 0.25) is 0 Å². The Kier molecular flexibility index (Phi) is 11.5. The maximum atomic E-state index is 12.8. The highest BCUT2D eigenvalue weighted by Gasteiger charge is 2.30. The number of pyridine rings is 1. The first-order chi connectivity index (χ1) is 35.4. The molecule has 9 aromatic rings. The fraction of sp³-hybridized carbons (Fsp3) is 0.294. The largest absolute Gasteiger partial charge is 0.507 e. The fourth-order valence-electron chi connectivity index (χ4n) is 9.83. The van der Waals surface area contributed by atoms with Crippen LogP contribution in [-0.2, 0) is 21.7 Å². The standard InChI is InChI=1S/C68H73N3O/c1-42(2)44-24-26-46(27-25-44)48-32-33-69-59(38-48)51-36-49(45-20-17-16-18-21-45)35-50(37-51)54-22-19-23-60-62(54)70-64(56-39-53(66(7,8)9)40-58(63(56)72)68(13,14)15)71(60)61-34-43(3)57(67(10,11)12)41-55(61)47-28-30-52(31-29-47)65(4,5)6/h16-42,72H,1-15H3/i3D3,42D. The van der Waals surface area contributed by atoms with Crippen LogP contribution in [0.15, 0.2) is 158 Å². The number of rotatable bonds is 8. The van der Waals surface area contributed by atoms with E-state index in [-0.39, 0.29) is 22.1 Å². The van der Waals surface area contributed by atoms with Crippen LogP contribution in [0.25, 0.3) is 83.9 Å². The van der Waals surface area contributed by atoms with E-state index in [0.29, 0.717) is 22.6 Å². The van der Waals surface area contributed by atoms with E-state index in [1.165, 1.54) is 5.56 Å². The molecule has 0 saturated heterocycles. The summed E-state index contributed by atoms with van der Waals surface area (Å²) in [5.41, 5.74) is 15.7. The summed E-state index contributed by atoms with van der Waals surface area (Å²) < 4.78 is 37.9. The summed E-state index contributed by atoms with van der Waals surface area (Å²) in [6.07, 6.45) is 1.85. The van der Waals surface area contributed by atoms with Crippen LogP contribution < -0.4 is 0 Å². The molecule has 2 heterocycles. The predicted molar refractivity (Wildman–Crippen MR) is 307 cm³/mol. The van der Waals surface area contributed by atoms with E-state index in [1.54, 1.807) is 0 Å². The van der Waals surface area contributed by atoms with E-state index in [1.807, 2.05) is 68.6 Å². The minimum absolute atomic E-state index is 0.0866. The molecule has 0 bridgehead atoms. The van der Waals surface area contributed by atoms with E-state index in [9.17, 15) is 5.11 Å². The van der Waals surface area contributed by atoms with Crippen LogP contribution in [0.5, 0.6) is 5.75 Å². The Labute approximate surface area is 435 Å². The van der Waals surface area contributed by atoms with Gasteiger partial charge < -0.3 is 5.11 Å². The fourth-order valence-corrected chi connectivity index (χ4v) is 9.83. The van der Waals surface area contributed by atoms with Crippen molar-refractivity contribution in [3.8, 4) is 78.6 Å². The van der Waals surface area contributed by atoms with Crippen molar-refractivity contribution in [2.45, 2.75) is 131 Å². The van der Waals surface area contributed by atoms with Crippen LogP contribution in [-0.4, -0.2) is 19.6 Å². The van der Waals surface area contributed by atoms with Crippen molar-refractivity contribution < 1.29 is 10.6 Å².